The van der Waals surface area contributed by atoms with E-state index in [0.717, 1.165) is 12.1 Å². The Bertz CT molecular complexity index is 720. The minimum Gasteiger partial charge on any atom is -0.482 e. The normalized spacial score (nSPS) is 11.2. The quantitative estimate of drug-likeness (QED) is 0.827. The van der Waals surface area contributed by atoms with Gasteiger partial charge in [-0.25, -0.2) is 0 Å². The Morgan fingerprint density at radius 3 is 2.52 bits per heavy atom. The Hall–Kier alpha value is -1.92. The van der Waals surface area contributed by atoms with Crippen molar-refractivity contribution in [3.05, 3.63) is 58.1 Å². The third-order valence-corrected chi connectivity index (χ3v) is 3.31. The number of rotatable bonds is 4. The van der Waals surface area contributed by atoms with Crippen LogP contribution in [0.2, 0.25) is 10.0 Å². The van der Waals surface area contributed by atoms with Gasteiger partial charge in [0.15, 0.2) is 6.61 Å². The molecule has 0 aliphatic heterocycles. The first-order valence-corrected chi connectivity index (χ1v) is 7.07. The number of hydrogen-bond donors (Lipinski definition) is 1. The number of alkyl halides is 3. The largest absolute Gasteiger partial charge is 0.482 e. The summed E-state index contributed by atoms with van der Waals surface area (Å²) in [5, 5.41) is 2.75. The van der Waals surface area contributed by atoms with Gasteiger partial charge in [0, 0.05) is 11.1 Å². The third kappa shape index (κ3) is 4.77. The molecule has 0 aliphatic carbocycles. The van der Waals surface area contributed by atoms with E-state index in [9.17, 15) is 18.0 Å². The highest BCUT2D eigenvalue weighted by Crippen LogP contribution is 2.34. The van der Waals surface area contributed by atoms with Crippen molar-refractivity contribution in [2.45, 2.75) is 6.18 Å². The van der Waals surface area contributed by atoms with Crippen molar-refractivity contribution < 1.29 is 22.7 Å². The van der Waals surface area contributed by atoms with Crippen LogP contribution in [0.3, 0.4) is 0 Å². The van der Waals surface area contributed by atoms with E-state index in [0.29, 0.717) is 5.02 Å². The standard InChI is InChI=1S/C15H10Cl2F3NO2/c16-9-5-6-11(17)13(7-9)23-8-14(22)21-12-4-2-1-3-10(12)15(18,19)20/h1-7H,8H2,(H,21,22). The maximum absolute atomic E-state index is 12.8. The summed E-state index contributed by atoms with van der Waals surface area (Å²) < 4.78 is 43.7. The molecule has 0 bridgehead atoms. The molecular weight excluding hydrogens is 354 g/mol. The number of hydrogen-bond acceptors (Lipinski definition) is 2. The lowest BCUT2D eigenvalue weighted by Gasteiger charge is -2.14. The van der Waals surface area contributed by atoms with Crippen LogP contribution in [0, 0.1) is 0 Å². The van der Waals surface area contributed by atoms with Crippen LogP contribution in [-0.2, 0) is 11.0 Å². The number of carbonyl (C=O) groups is 1. The molecule has 2 aromatic rings. The first kappa shape index (κ1) is 17.4. The summed E-state index contributed by atoms with van der Waals surface area (Å²) in [6.07, 6.45) is -4.57. The van der Waals surface area contributed by atoms with Gasteiger partial charge < -0.3 is 10.1 Å². The van der Waals surface area contributed by atoms with Crippen molar-refractivity contribution in [3.63, 3.8) is 0 Å². The van der Waals surface area contributed by atoms with Gasteiger partial charge in [-0.3, -0.25) is 4.79 Å². The highest BCUT2D eigenvalue weighted by molar-refractivity contribution is 6.34. The van der Waals surface area contributed by atoms with E-state index in [1.54, 1.807) is 0 Å². The minimum atomic E-state index is -4.57. The van der Waals surface area contributed by atoms with E-state index in [1.165, 1.54) is 30.3 Å². The van der Waals surface area contributed by atoms with Gasteiger partial charge in [0.1, 0.15) is 5.75 Å². The summed E-state index contributed by atoms with van der Waals surface area (Å²) >= 11 is 11.6. The summed E-state index contributed by atoms with van der Waals surface area (Å²) in [4.78, 5) is 11.8. The van der Waals surface area contributed by atoms with Crippen molar-refractivity contribution in [2.24, 2.45) is 0 Å². The Labute approximate surface area is 140 Å². The Kier molecular flexibility index (Phi) is 5.38. The summed E-state index contributed by atoms with van der Waals surface area (Å²) in [6, 6.07) is 9.09. The van der Waals surface area contributed by atoms with Gasteiger partial charge in [-0.05, 0) is 24.3 Å². The average molecular weight is 364 g/mol. The monoisotopic (exact) mass is 363 g/mol. The number of benzene rings is 2. The second-order valence-electron chi connectivity index (χ2n) is 4.45. The van der Waals surface area contributed by atoms with Gasteiger partial charge in [0.05, 0.1) is 16.3 Å². The highest BCUT2D eigenvalue weighted by atomic mass is 35.5. The summed E-state index contributed by atoms with van der Waals surface area (Å²) in [5.74, 6) is -0.587. The van der Waals surface area contributed by atoms with Crippen molar-refractivity contribution in [1.82, 2.24) is 0 Å². The van der Waals surface area contributed by atoms with E-state index in [4.69, 9.17) is 27.9 Å². The summed E-state index contributed by atoms with van der Waals surface area (Å²) in [7, 11) is 0. The van der Waals surface area contributed by atoms with E-state index in [-0.39, 0.29) is 16.5 Å². The molecule has 0 atom stereocenters. The average Bonchev–Trinajstić information content (AvgIpc) is 2.47. The number of halogens is 5. The molecule has 0 spiro atoms. The number of nitrogens with one attached hydrogen (secondary N) is 1. The van der Waals surface area contributed by atoms with E-state index in [1.807, 2.05) is 0 Å². The molecule has 2 aromatic carbocycles. The second-order valence-corrected chi connectivity index (χ2v) is 5.30. The zero-order chi connectivity index (χ0) is 17.0. The van der Waals surface area contributed by atoms with Crippen molar-refractivity contribution >= 4 is 34.8 Å². The third-order valence-electron chi connectivity index (χ3n) is 2.76. The number of carbonyl (C=O) groups excluding carboxylic acids is 1. The van der Waals surface area contributed by atoms with Crippen LogP contribution in [-0.4, -0.2) is 12.5 Å². The lowest BCUT2D eigenvalue weighted by Crippen LogP contribution is -2.22. The van der Waals surface area contributed by atoms with E-state index >= 15 is 0 Å². The van der Waals surface area contributed by atoms with Gasteiger partial charge >= 0.3 is 6.18 Å². The maximum atomic E-state index is 12.8. The zero-order valence-electron chi connectivity index (χ0n) is 11.5. The zero-order valence-corrected chi connectivity index (χ0v) is 13.0. The molecule has 0 radical (unpaired) electrons. The molecule has 0 aromatic heterocycles. The lowest BCUT2D eigenvalue weighted by molar-refractivity contribution is -0.137. The van der Waals surface area contributed by atoms with Crippen LogP contribution in [0.25, 0.3) is 0 Å². The van der Waals surface area contributed by atoms with Crippen molar-refractivity contribution in [1.29, 1.82) is 0 Å². The van der Waals surface area contributed by atoms with Crippen LogP contribution in [0.4, 0.5) is 18.9 Å². The van der Waals surface area contributed by atoms with Gasteiger partial charge in [-0.1, -0.05) is 35.3 Å². The molecule has 3 nitrogen and oxygen atoms in total. The topological polar surface area (TPSA) is 38.3 Å². The molecule has 1 N–H and O–H groups in total. The summed E-state index contributed by atoms with van der Waals surface area (Å²) in [6.45, 7) is -0.508. The van der Waals surface area contributed by atoms with E-state index in [2.05, 4.69) is 5.32 Å². The van der Waals surface area contributed by atoms with E-state index < -0.39 is 24.3 Å². The number of anilines is 1. The van der Waals surface area contributed by atoms with Crippen LogP contribution in [0.1, 0.15) is 5.56 Å². The van der Waals surface area contributed by atoms with Crippen LogP contribution in [0.5, 0.6) is 5.75 Å². The molecule has 2 rings (SSSR count). The second kappa shape index (κ2) is 7.10. The number of ether oxygens (including phenoxy) is 1. The Morgan fingerprint density at radius 2 is 1.83 bits per heavy atom. The van der Waals surface area contributed by atoms with Crippen molar-refractivity contribution in [3.8, 4) is 5.75 Å². The first-order valence-electron chi connectivity index (χ1n) is 6.31. The molecule has 8 heteroatoms. The molecule has 0 unspecified atom stereocenters. The molecule has 0 saturated carbocycles. The maximum Gasteiger partial charge on any atom is 0.418 e. The van der Waals surface area contributed by atoms with Gasteiger partial charge in [-0.2, -0.15) is 13.2 Å². The minimum absolute atomic E-state index is 0.165. The fraction of sp³-hybridized carbons (Fsp3) is 0.133. The van der Waals surface area contributed by atoms with Gasteiger partial charge in [0.2, 0.25) is 0 Å². The van der Waals surface area contributed by atoms with Crippen LogP contribution < -0.4 is 10.1 Å². The number of para-hydroxylation sites is 1. The Morgan fingerprint density at radius 1 is 1.13 bits per heavy atom. The highest BCUT2D eigenvalue weighted by Gasteiger charge is 2.33. The van der Waals surface area contributed by atoms with Crippen LogP contribution in [0.15, 0.2) is 42.5 Å². The molecule has 122 valence electrons. The van der Waals surface area contributed by atoms with Crippen LogP contribution >= 0.6 is 23.2 Å². The lowest BCUT2D eigenvalue weighted by atomic mass is 10.1. The number of amides is 1. The van der Waals surface area contributed by atoms with Gasteiger partial charge in [-0.15, -0.1) is 0 Å². The predicted molar refractivity (Wildman–Crippen MR) is 82.0 cm³/mol. The van der Waals surface area contributed by atoms with Gasteiger partial charge in [0.25, 0.3) is 5.91 Å². The Balaban J connectivity index is 2.05. The molecular formula is C15H10Cl2F3NO2. The SMILES string of the molecule is O=C(COc1cc(Cl)ccc1Cl)Nc1ccccc1C(F)(F)F. The first-order chi connectivity index (χ1) is 10.8. The fourth-order valence-electron chi connectivity index (χ4n) is 1.76. The predicted octanol–water partition coefficient (Wildman–Crippen LogP) is 5.03. The molecule has 0 fully saturated rings. The fourth-order valence-corrected chi connectivity index (χ4v) is 2.09. The molecule has 0 heterocycles. The molecule has 1 amide bonds. The molecule has 0 saturated heterocycles. The summed E-state index contributed by atoms with van der Waals surface area (Å²) in [5.41, 5.74) is -1.28. The van der Waals surface area contributed by atoms with Crippen molar-refractivity contribution in [2.75, 3.05) is 11.9 Å². The molecule has 23 heavy (non-hydrogen) atoms. The smallest absolute Gasteiger partial charge is 0.418 e. The molecule has 0 aliphatic rings.